The summed E-state index contributed by atoms with van der Waals surface area (Å²) >= 11 is 0. The molecule has 82 valence electrons. The summed E-state index contributed by atoms with van der Waals surface area (Å²) in [6, 6.07) is 3.88. The Labute approximate surface area is 93.8 Å². The molecule has 16 heavy (non-hydrogen) atoms. The molecule has 3 nitrogen and oxygen atoms in total. The van der Waals surface area contributed by atoms with Crippen molar-refractivity contribution in [2.75, 3.05) is 0 Å². The molecule has 1 saturated carbocycles. The number of phenolic OH excluding ortho intramolecular Hbond substituents is 1. The quantitative estimate of drug-likeness (QED) is 0.607. The van der Waals surface area contributed by atoms with Gasteiger partial charge in [0.1, 0.15) is 11.3 Å². The predicted octanol–water partition coefficient (Wildman–Crippen LogP) is 2.21. The molecular weight excluding hydrogens is 202 g/mol. The van der Waals surface area contributed by atoms with E-state index in [1.165, 1.54) is 11.1 Å². The van der Waals surface area contributed by atoms with Gasteiger partial charge in [0.15, 0.2) is 0 Å². The molecule has 0 heterocycles. The van der Waals surface area contributed by atoms with E-state index >= 15 is 0 Å². The van der Waals surface area contributed by atoms with Crippen molar-refractivity contribution >= 4 is 6.08 Å². The van der Waals surface area contributed by atoms with Crippen molar-refractivity contribution in [3.8, 4) is 5.75 Å². The van der Waals surface area contributed by atoms with Crippen molar-refractivity contribution in [3.05, 3.63) is 28.8 Å². The first-order valence-corrected chi connectivity index (χ1v) is 5.69. The van der Waals surface area contributed by atoms with E-state index in [-0.39, 0.29) is 5.75 Å². The fourth-order valence-corrected chi connectivity index (χ4v) is 2.63. The van der Waals surface area contributed by atoms with Crippen LogP contribution in [0.25, 0.3) is 0 Å². The number of fused-ring (bicyclic) bond motifs is 1. The molecule has 0 radical (unpaired) electrons. The highest BCUT2D eigenvalue weighted by molar-refractivity contribution is 5.51. The number of rotatable bonds is 2. The Morgan fingerprint density at radius 1 is 1.25 bits per heavy atom. The zero-order valence-electron chi connectivity index (χ0n) is 8.99. The summed E-state index contributed by atoms with van der Waals surface area (Å²) in [7, 11) is 0. The molecule has 0 bridgehead atoms. The van der Waals surface area contributed by atoms with Crippen molar-refractivity contribution in [2.45, 2.75) is 37.6 Å². The third kappa shape index (κ3) is 1.29. The summed E-state index contributed by atoms with van der Waals surface area (Å²) in [5, 5.41) is 9.99. The van der Waals surface area contributed by atoms with Crippen LogP contribution < -0.4 is 0 Å². The predicted molar refractivity (Wildman–Crippen MR) is 59.2 cm³/mol. The van der Waals surface area contributed by atoms with Gasteiger partial charge < -0.3 is 5.11 Å². The van der Waals surface area contributed by atoms with Crippen molar-refractivity contribution in [2.24, 2.45) is 4.99 Å². The van der Waals surface area contributed by atoms with Gasteiger partial charge in [-0.3, -0.25) is 0 Å². The highest BCUT2D eigenvalue weighted by Crippen LogP contribution is 2.52. The summed E-state index contributed by atoms with van der Waals surface area (Å²) in [4.78, 5) is 14.3. The molecule has 2 aliphatic carbocycles. The Hall–Kier alpha value is -1.60. The van der Waals surface area contributed by atoms with E-state index in [2.05, 4.69) is 4.99 Å². The standard InChI is InChI=1S/C13H13NO2/c15-8-14-13(4-5-13)11-6-9-2-1-3-10(9)7-12(11)16/h6-7,16H,1-5H2. The molecule has 0 saturated heterocycles. The normalized spacial score (nSPS) is 20.0. The number of isocyanates is 1. The van der Waals surface area contributed by atoms with Gasteiger partial charge in [0.25, 0.3) is 0 Å². The van der Waals surface area contributed by atoms with Crippen LogP contribution in [-0.2, 0) is 23.2 Å². The Balaban J connectivity index is 2.11. The zero-order valence-corrected chi connectivity index (χ0v) is 8.99. The van der Waals surface area contributed by atoms with Crippen molar-refractivity contribution < 1.29 is 9.90 Å². The Bertz CT molecular complexity index is 497. The van der Waals surface area contributed by atoms with Gasteiger partial charge in [-0.2, -0.15) is 4.99 Å². The number of aryl methyl sites for hydroxylation is 2. The second-order valence-electron chi connectivity index (χ2n) is 4.73. The molecule has 1 fully saturated rings. The van der Waals surface area contributed by atoms with Crippen LogP contribution in [0.1, 0.15) is 36.0 Å². The minimum atomic E-state index is -0.455. The van der Waals surface area contributed by atoms with Gasteiger partial charge in [-0.25, -0.2) is 4.79 Å². The van der Waals surface area contributed by atoms with Crippen molar-refractivity contribution in [1.29, 1.82) is 0 Å². The van der Waals surface area contributed by atoms with Gasteiger partial charge in [0.2, 0.25) is 6.08 Å². The van der Waals surface area contributed by atoms with Crippen LogP contribution in [0.15, 0.2) is 17.1 Å². The molecule has 0 unspecified atom stereocenters. The van der Waals surface area contributed by atoms with Gasteiger partial charge in [0, 0.05) is 5.56 Å². The van der Waals surface area contributed by atoms with Gasteiger partial charge >= 0.3 is 0 Å². The summed E-state index contributed by atoms with van der Waals surface area (Å²) in [6.45, 7) is 0. The van der Waals surface area contributed by atoms with Crippen LogP contribution >= 0.6 is 0 Å². The summed E-state index contributed by atoms with van der Waals surface area (Å²) in [6.07, 6.45) is 6.59. The van der Waals surface area contributed by atoms with Crippen LogP contribution in [0.2, 0.25) is 0 Å². The molecule has 3 rings (SSSR count). The fraction of sp³-hybridized carbons (Fsp3) is 0.462. The SMILES string of the molecule is O=C=NC1(c2cc3c(cc2O)CCC3)CC1. The number of aliphatic imine (C=N–C) groups is 1. The molecule has 0 atom stereocenters. The fourth-order valence-electron chi connectivity index (χ4n) is 2.63. The highest BCUT2D eigenvalue weighted by atomic mass is 16.3. The van der Waals surface area contributed by atoms with E-state index in [0.29, 0.717) is 0 Å². The molecule has 0 aliphatic heterocycles. The topological polar surface area (TPSA) is 49.7 Å². The van der Waals surface area contributed by atoms with E-state index in [9.17, 15) is 9.90 Å². The minimum absolute atomic E-state index is 0.289. The second kappa shape index (κ2) is 3.19. The van der Waals surface area contributed by atoms with Crippen LogP contribution in [0, 0.1) is 0 Å². The lowest BCUT2D eigenvalue weighted by molar-refractivity contribution is 0.458. The van der Waals surface area contributed by atoms with E-state index in [1.807, 2.05) is 12.1 Å². The molecule has 2 aliphatic rings. The van der Waals surface area contributed by atoms with Gasteiger partial charge in [0.05, 0.1) is 0 Å². The van der Waals surface area contributed by atoms with Crippen LogP contribution in [0.4, 0.5) is 0 Å². The maximum atomic E-state index is 10.4. The minimum Gasteiger partial charge on any atom is -0.508 e. The van der Waals surface area contributed by atoms with Crippen molar-refractivity contribution in [1.82, 2.24) is 0 Å². The molecule has 0 aromatic heterocycles. The Morgan fingerprint density at radius 3 is 2.56 bits per heavy atom. The lowest BCUT2D eigenvalue weighted by atomic mass is 9.98. The second-order valence-corrected chi connectivity index (χ2v) is 4.73. The van der Waals surface area contributed by atoms with E-state index in [4.69, 9.17) is 0 Å². The lowest BCUT2D eigenvalue weighted by Gasteiger charge is -2.12. The highest BCUT2D eigenvalue weighted by Gasteiger charge is 2.47. The number of hydrogen-bond acceptors (Lipinski definition) is 3. The number of phenols is 1. The number of hydrogen-bond donors (Lipinski definition) is 1. The van der Waals surface area contributed by atoms with Gasteiger partial charge in [-0.05, 0) is 55.4 Å². The van der Waals surface area contributed by atoms with E-state index in [1.54, 1.807) is 6.08 Å². The van der Waals surface area contributed by atoms with Crippen LogP contribution in [0.3, 0.4) is 0 Å². The van der Waals surface area contributed by atoms with Crippen molar-refractivity contribution in [3.63, 3.8) is 0 Å². The van der Waals surface area contributed by atoms with Gasteiger partial charge in [-0.1, -0.05) is 0 Å². The monoisotopic (exact) mass is 215 g/mol. The molecular formula is C13H13NO2. The number of nitrogens with zero attached hydrogens (tertiary/aromatic N) is 1. The van der Waals surface area contributed by atoms with Crippen LogP contribution in [-0.4, -0.2) is 11.2 Å². The first-order chi connectivity index (χ1) is 7.75. The maximum absolute atomic E-state index is 10.4. The lowest BCUT2D eigenvalue weighted by Crippen LogP contribution is -2.04. The first-order valence-electron chi connectivity index (χ1n) is 5.69. The summed E-state index contributed by atoms with van der Waals surface area (Å²) < 4.78 is 0. The number of benzene rings is 1. The maximum Gasteiger partial charge on any atom is 0.235 e. The molecule has 1 N–H and O–H groups in total. The number of carbonyl (C=O) groups excluding carboxylic acids is 1. The molecule has 1 aromatic rings. The smallest absolute Gasteiger partial charge is 0.235 e. The third-order valence-electron chi connectivity index (χ3n) is 3.69. The molecule has 0 spiro atoms. The third-order valence-corrected chi connectivity index (χ3v) is 3.69. The number of aromatic hydroxyl groups is 1. The van der Waals surface area contributed by atoms with E-state index in [0.717, 1.165) is 37.7 Å². The average Bonchev–Trinajstić information content (AvgIpc) is 2.89. The zero-order chi connectivity index (χ0) is 11.2. The Kier molecular flexibility index (Phi) is 1.92. The van der Waals surface area contributed by atoms with Crippen LogP contribution in [0.5, 0.6) is 5.75 Å². The molecule has 0 amide bonds. The largest absolute Gasteiger partial charge is 0.508 e. The molecule has 1 aromatic carbocycles. The Morgan fingerprint density at radius 2 is 1.94 bits per heavy atom. The van der Waals surface area contributed by atoms with E-state index < -0.39 is 5.54 Å². The van der Waals surface area contributed by atoms with Gasteiger partial charge in [-0.15, -0.1) is 0 Å². The first kappa shape index (κ1) is 9.61. The summed E-state index contributed by atoms with van der Waals surface area (Å²) in [5.74, 6) is 0.289. The molecule has 3 heteroatoms. The average molecular weight is 215 g/mol. The summed E-state index contributed by atoms with van der Waals surface area (Å²) in [5.41, 5.74) is 2.91.